The minimum Gasteiger partial charge on any atom is -0.494 e. The number of hydrogen-bond donors (Lipinski definition) is 1. The maximum Gasteiger partial charge on any atom is 0.156 e. The lowest BCUT2D eigenvalue weighted by molar-refractivity contribution is 0.415. The SMILES string of the molecule is COc1c(Cl)cc(CC(CN)c2cc(F)ccc2F)cc1Cl. The van der Waals surface area contributed by atoms with Crippen molar-refractivity contribution < 1.29 is 13.5 Å². The van der Waals surface area contributed by atoms with Gasteiger partial charge >= 0.3 is 0 Å². The Morgan fingerprint density at radius 2 is 1.77 bits per heavy atom. The third-order valence-corrected chi connectivity index (χ3v) is 3.99. The third kappa shape index (κ3) is 3.69. The van der Waals surface area contributed by atoms with Crippen LogP contribution in [-0.2, 0) is 6.42 Å². The first kappa shape index (κ1) is 17.0. The third-order valence-electron chi connectivity index (χ3n) is 3.43. The van der Waals surface area contributed by atoms with Gasteiger partial charge in [-0.15, -0.1) is 0 Å². The Bertz CT molecular complexity index is 656. The largest absolute Gasteiger partial charge is 0.494 e. The van der Waals surface area contributed by atoms with Gasteiger partial charge in [-0.25, -0.2) is 8.78 Å². The smallest absolute Gasteiger partial charge is 0.156 e. The van der Waals surface area contributed by atoms with Crippen molar-refractivity contribution in [3.63, 3.8) is 0 Å². The van der Waals surface area contributed by atoms with Gasteiger partial charge in [0.2, 0.25) is 0 Å². The van der Waals surface area contributed by atoms with Crippen molar-refractivity contribution in [2.24, 2.45) is 5.73 Å². The lowest BCUT2D eigenvalue weighted by atomic mass is 9.91. The van der Waals surface area contributed by atoms with Gasteiger partial charge in [0.1, 0.15) is 11.6 Å². The minimum atomic E-state index is -0.499. The van der Waals surface area contributed by atoms with Gasteiger partial charge in [0, 0.05) is 5.92 Å². The Labute approximate surface area is 137 Å². The fourth-order valence-corrected chi connectivity index (χ4v) is 3.04. The molecule has 1 atom stereocenters. The molecule has 0 fully saturated rings. The average Bonchev–Trinajstić information content (AvgIpc) is 2.47. The van der Waals surface area contributed by atoms with E-state index in [2.05, 4.69) is 0 Å². The van der Waals surface area contributed by atoms with Crippen LogP contribution < -0.4 is 10.5 Å². The van der Waals surface area contributed by atoms with Crippen molar-refractivity contribution in [2.45, 2.75) is 12.3 Å². The lowest BCUT2D eigenvalue weighted by Crippen LogP contribution is -2.16. The first-order valence-electron chi connectivity index (χ1n) is 6.63. The van der Waals surface area contributed by atoms with E-state index < -0.39 is 11.6 Å². The molecule has 0 spiro atoms. The summed E-state index contributed by atoms with van der Waals surface area (Å²) in [4.78, 5) is 0. The lowest BCUT2D eigenvalue weighted by Gasteiger charge is -2.17. The molecule has 0 aliphatic carbocycles. The zero-order valence-electron chi connectivity index (χ0n) is 11.9. The molecule has 0 bridgehead atoms. The first-order chi connectivity index (χ1) is 10.5. The predicted molar refractivity (Wildman–Crippen MR) is 84.9 cm³/mol. The average molecular weight is 346 g/mol. The van der Waals surface area contributed by atoms with Crippen molar-refractivity contribution in [3.05, 3.63) is 63.1 Å². The molecule has 0 aromatic heterocycles. The number of benzene rings is 2. The standard InChI is InChI=1S/C16H15Cl2F2NO/c1-22-16-13(17)5-9(6-14(16)18)4-10(8-21)12-7-11(19)2-3-15(12)20/h2-3,5-7,10H,4,8,21H2,1H3. The second-order valence-electron chi connectivity index (χ2n) is 4.90. The summed E-state index contributed by atoms with van der Waals surface area (Å²) < 4.78 is 32.3. The highest BCUT2D eigenvalue weighted by atomic mass is 35.5. The van der Waals surface area contributed by atoms with Gasteiger partial charge in [0.15, 0.2) is 5.75 Å². The number of hydrogen-bond acceptors (Lipinski definition) is 2. The van der Waals surface area contributed by atoms with Crippen molar-refractivity contribution in [2.75, 3.05) is 13.7 Å². The molecule has 0 radical (unpaired) electrons. The summed E-state index contributed by atoms with van der Waals surface area (Å²) in [6.45, 7) is 0.168. The molecule has 2 N–H and O–H groups in total. The van der Waals surface area contributed by atoms with Crippen LogP contribution in [0.4, 0.5) is 8.78 Å². The van der Waals surface area contributed by atoms with E-state index in [9.17, 15) is 8.78 Å². The summed E-state index contributed by atoms with van der Waals surface area (Å²) in [5.41, 5.74) is 6.74. The van der Waals surface area contributed by atoms with Crippen molar-refractivity contribution in [1.82, 2.24) is 0 Å². The van der Waals surface area contributed by atoms with Crippen molar-refractivity contribution >= 4 is 23.2 Å². The number of halogens is 4. The summed E-state index contributed by atoms with van der Waals surface area (Å²) in [5.74, 6) is -0.979. The summed E-state index contributed by atoms with van der Waals surface area (Å²) >= 11 is 12.2. The Kier molecular flexibility index (Phi) is 5.62. The van der Waals surface area contributed by atoms with Crippen LogP contribution in [0.1, 0.15) is 17.0 Å². The van der Waals surface area contributed by atoms with Gasteiger partial charge in [0.05, 0.1) is 17.2 Å². The topological polar surface area (TPSA) is 35.2 Å². The van der Waals surface area contributed by atoms with Crippen LogP contribution in [0.3, 0.4) is 0 Å². The second-order valence-corrected chi connectivity index (χ2v) is 5.71. The van der Waals surface area contributed by atoms with Gasteiger partial charge in [-0.05, 0) is 54.4 Å². The van der Waals surface area contributed by atoms with Gasteiger partial charge < -0.3 is 10.5 Å². The molecular weight excluding hydrogens is 331 g/mol. The van der Waals surface area contributed by atoms with Crippen LogP contribution in [0, 0.1) is 11.6 Å². The number of rotatable bonds is 5. The number of ether oxygens (including phenoxy) is 1. The quantitative estimate of drug-likeness (QED) is 0.861. The fraction of sp³-hybridized carbons (Fsp3) is 0.250. The van der Waals surface area contributed by atoms with Crippen LogP contribution in [-0.4, -0.2) is 13.7 Å². The van der Waals surface area contributed by atoms with E-state index in [1.807, 2.05) is 0 Å². The molecule has 0 saturated heterocycles. The molecule has 2 nitrogen and oxygen atoms in total. The van der Waals surface area contributed by atoms with E-state index in [0.717, 1.165) is 17.7 Å². The summed E-state index contributed by atoms with van der Waals surface area (Å²) in [6, 6.07) is 6.71. The van der Waals surface area contributed by atoms with Crippen LogP contribution in [0.5, 0.6) is 5.75 Å². The normalized spacial score (nSPS) is 12.3. The van der Waals surface area contributed by atoms with Crippen LogP contribution in [0.2, 0.25) is 10.0 Å². The van der Waals surface area contributed by atoms with E-state index in [1.165, 1.54) is 13.2 Å². The van der Waals surface area contributed by atoms with Crippen molar-refractivity contribution in [3.8, 4) is 5.75 Å². The second kappa shape index (κ2) is 7.27. The molecule has 2 aromatic rings. The van der Waals surface area contributed by atoms with Gasteiger partial charge in [-0.3, -0.25) is 0 Å². The summed E-state index contributed by atoms with van der Waals surface area (Å²) in [7, 11) is 1.47. The molecule has 0 amide bonds. The number of nitrogens with two attached hydrogens (primary N) is 1. The molecule has 0 heterocycles. The van der Waals surface area contributed by atoms with E-state index in [0.29, 0.717) is 22.2 Å². The van der Waals surface area contributed by atoms with Crippen LogP contribution in [0.15, 0.2) is 30.3 Å². The molecular formula is C16H15Cl2F2NO. The Balaban J connectivity index is 2.33. The Morgan fingerprint density at radius 3 is 2.32 bits per heavy atom. The van der Waals surface area contributed by atoms with E-state index in [-0.39, 0.29) is 18.0 Å². The highest BCUT2D eigenvalue weighted by Crippen LogP contribution is 2.35. The summed E-state index contributed by atoms with van der Waals surface area (Å²) in [6.07, 6.45) is 0.389. The van der Waals surface area contributed by atoms with Crippen molar-refractivity contribution in [1.29, 1.82) is 0 Å². The first-order valence-corrected chi connectivity index (χ1v) is 7.38. The molecule has 0 aliphatic heterocycles. The van der Waals surface area contributed by atoms with E-state index >= 15 is 0 Å². The summed E-state index contributed by atoms with van der Waals surface area (Å²) in [5, 5.41) is 0.723. The molecule has 1 unspecified atom stereocenters. The zero-order valence-corrected chi connectivity index (χ0v) is 13.4. The highest BCUT2D eigenvalue weighted by molar-refractivity contribution is 6.37. The maximum absolute atomic E-state index is 13.9. The van der Waals surface area contributed by atoms with E-state index in [1.54, 1.807) is 12.1 Å². The van der Waals surface area contributed by atoms with Gasteiger partial charge in [-0.2, -0.15) is 0 Å². The minimum absolute atomic E-state index is 0.168. The predicted octanol–water partition coefficient (Wildman–Crippen LogP) is 4.57. The molecule has 6 heteroatoms. The van der Waals surface area contributed by atoms with Gasteiger partial charge in [0.25, 0.3) is 0 Å². The maximum atomic E-state index is 13.9. The molecule has 118 valence electrons. The monoisotopic (exact) mass is 345 g/mol. The van der Waals surface area contributed by atoms with Crippen LogP contribution in [0.25, 0.3) is 0 Å². The molecule has 22 heavy (non-hydrogen) atoms. The van der Waals surface area contributed by atoms with Gasteiger partial charge in [-0.1, -0.05) is 23.2 Å². The van der Waals surface area contributed by atoms with Crippen LogP contribution >= 0.6 is 23.2 Å². The number of methoxy groups -OCH3 is 1. The van der Waals surface area contributed by atoms with E-state index in [4.69, 9.17) is 33.7 Å². The Hall–Kier alpha value is -1.36. The molecule has 2 rings (SSSR count). The fourth-order valence-electron chi connectivity index (χ4n) is 2.36. The Morgan fingerprint density at radius 1 is 1.14 bits per heavy atom. The molecule has 2 aromatic carbocycles. The molecule has 0 saturated carbocycles. The highest BCUT2D eigenvalue weighted by Gasteiger charge is 2.18. The molecule has 0 aliphatic rings. The zero-order chi connectivity index (χ0) is 16.3.